The predicted molar refractivity (Wildman–Crippen MR) is 146 cm³/mol. The van der Waals surface area contributed by atoms with Crippen LogP contribution in [-0.2, 0) is 9.53 Å². The van der Waals surface area contributed by atoms with Crippen LogP contribution in [0.4, 0.5) is 14.6 Å². The molecule has 1 unspecified atom stereocenters. The van der Waals surface area contributed by atoms with Crippen LogP contribution in [0.2, 0.25) is 5.02 Å². The molecule has 1 atom stereocenters. The third-order valence-corrected chi connectivity index (χ3v) is 7.37. The fourth-order valence-corrected chi connectivity index (χ4v) is 5.26. The Morgan fingerprint density at radius 1 is 1.05 bits per heavy atom. The van der Waals surface area contributed by atoms with Crippen LogP contribution in [0.1, 0.15) is 30.9 Å². The number of amides is 1. The summed E-state index contributed by atoms with van der Waals surface area (Å²) in [5.41, 5.74) is 2.16. The van der Waals surface area contributed by atoms with Gasteiger partial charge in [-0.2, -0.15) is 5.10 Å². The lowest BCUT2D eigenvalue weighted by Crippen LogP contribution is -2.41. The molecular weight excluding hydrogens is 526 g/mol. The molecule has 3 aromatic rings. The Bertz CT molecular complexity index is 1340. The van der Waals surface area contributed by atoms with Crippen molar-refractivity contribution in [3.63, 3.8) is 0 Å². The number of rotatable bonds is 8. The Labute approximate surface area is 231 Å². The maximum absolute atomic E-state index is 13.8. The molecule has 204 valence electrons. The first-order chi connectivity index (χ1) is 18.9. The molecule has 0 bridgehead atoms. The number of aromatic nitrogens is 1. The molecular formula is C29H29ClF2N4O3. The van der Waals surface area contributed by atoms with Gasteiger partial charge in [-0.15, -0.1) is 0 Å². The average Bonchev–Trinajstić information content (AvgIpc) is 3.44. The first-order valence-corrected chi connectivity index (χ1v) is 13.2. The number of pyridine rings is 1. The van der Waals surface area contributed by atoms with Gasteiger partial charge in [-0.05, 0) is 66.4 Å². The van der Waals surface area contributed by atoms with Gasteiger partial charge in [0.05, 0.1) is 12.6 Å². The van der Waals surface area contributed by atoms with Gasteiger partial charge in [-0.3, -0.25) is 4.79 Å². The van der Waals surface area contributed by atoms with E-state index in [2.05, 4.69) is 15.0 Å². The van der Waals surface area contributed by atoms with Crippen LogP contribution in [0.5, 0.6) is 5.75 Å². The second-order valence-corrected chi connectivity index (χ2v) is 9.99. The monoisotopic (exact) mass is 554 g/mol. The third kappa shape index (κ3) is 6.20. The second-order valence-electron chi connectivity index (χ2n) is 9.58. The number of carbonyl (C=O) groups is 1. The number of nitrogens with zero attached hydrogens (tertiary/aromatic N) is 4. The van der Waals surface area contributed by atoms with Crippen LogP contribution in [-0.4, -0.2) is 55.5 Å². The van der Waals surface area contributed by atoms with Crippen molar-refractivity contribution in [2.24, 2.45) is 11.0 Å². The van der Waals surface area contributed by atoms with E-state index in [1.54, 1.807) is 19.5 Å². The molecule has 1 fully saturated rings. The number of hydrogen-bond donors (Lipinski definition) is 0. The SMILES string of the molecule is COCCOc1ccc(Cl)c(-c2ccnc(N3CCC(C(=O)N4N=CCC4c4cc(F)cc(F)c4)CC3)c2)c1. The number of hydrogen-bond acceptors (Lipinski definition) is 6. The quantitative estimate of drug-likeness (QED) is 0.325. The summed E-state index contributed by atoms with van der Waals surface area (Å²) in [6.07, 6.45) is 5.03. The van der Waals surface area contributed by atoms with Gasteiger partial charge < -0.3 is 14.4 Å². The number of methoxy groups -OCH3 is 1. The van der Waals surface area contributed by atoms with E-state index in [1.165, 1.54) is 17.1 Å². The fraction of sp³-hybridized carbons (Fsp3) is 0.345. The van der Waals surface area contributed by atoms with Crippen LogP contribution >= 0.6 is 11.6 Å². The van der Waals surface area contributed by atoms with E-state index in [4.69, 9.17) is 21.1 Å². The molecule has 3 heterocycles. The lowest BCUT2D eigenvalue weighted by molar-refractivity contribution is -0.138. The zero-order chi connectivity index (χ0) is 27.4. The van der Waals surface area contributed by atoms with Crippen LogP contribution in [0.25, 0.3) is 11.1 Å². The minimum atomic E-state index is -0.668. The van der Waals surface area contributed by atoms with Crippen LogP contribution in [0.15, 0.2) is 59.8 Å². The zero-order valence-corrected chi connectivity index (χ0v) is 22.3. The Kier molecular flexibility index (Phi) is 8.38. The van der Waals surface area contributed by atoms with E-state index in [0.29, 0.717) is 61.9 Å². The number of halogens is 3. The molecule has 5 rings (SSSR count). The molecule has 2 aromatic carbocycles. The van der Waals surface area contributed by atoms with Crippen molar-refractivity contribution >= 4 is 29.5 Å². The van der Waals surface area contributed by atoms with E-state index >= 15 is 0 Å². The highest BCUT2D eigenvalue weighted by Gasteiger charge is 2.35. The molecule has 0 aliphatic carbocycles. The highest BCUT2D eigenvalue weighted by atomic mass is 35.5. The van der Waals surface area contributed by atoms with Crippen molar-refractivity contribution in [2.45, 2.75) is 25.3 Å². The van der Waals surface area contributed by atoms with E-state index in [-0.39, 0.29) is 11.8 Å². The van der Waals surface area contributed by atoms with Gasteiger partial charge in [-0.1, -0.05) is 11.6 Å². The van der Waals surface area contributed by atoms with Gasteiger partial charge in [0.15, 0.2) is 0 Å². The van der Waals surface area contributed by atoms with Crippen molar-refractivity contribution in [1.82, 2.24) is 9.99 Å². The summed E-state index contributed by atoms with van der Waals surface area (Å²) in [5, 5.41) is 6.24. The molecule has 2 aliphatic heterocycles. The molecule has 1 amide bonds. The summed E-state index contributed by atoms with van der Waals surface area (Å²) < 4.78 is 38.4. The van der Waals surface area contributed by atoms with Crippen molar-refractivity contribution < 1.29 is 23.0 Å². The number of carbonyl (C=O) groups excluding carboxylic acids is 1. The van der Waals surface area contributed by atoms with Crippen molar-refractivity contribution in [2.75, 3.05) is 38.3 Å². The highest BCUT2D eigenvalue weighted by Crippen LogP contribution is 2.35. The summed E-state index contributed by atoms with van der Waals surface area (Å²) >= 11 is 6.51. The number of piperidine rings is 1. The van der Waals surface area contributed by atoms with E-state index in [0.717, 1.165) is 23.0 Å². The molecule has 0 N–H and O–H groups in total. The molecule has 0 saturated carbocycles. The maximum Gasteiger partial charge on any atom is 0.246 e. The molecule has 0 spiro atoms. The normalized spacial score (nSPS) is 17.6. The largest absolute Gasteiger partial charge is 0.491 e. The molecule has 1 aromatic heterocycles. The number of ether oxygens (including phenoxy) is 2. The zero-order valence-electron chi connectivity index (χ0n) is 21.5. The van der Waals surface area contributed by atoms with Crippen LogP contribution in [0, 0.1) is 17.6 Å². The van der Waals surface area contributed by atoms with Gasteiger partial charge in [0.25, 0.3) is 0 Å². The molecule has 39 heavy (non-hydrogen) atoms. The molecule has 7 nitrogen and oxygen atoms in total. The van der Waals surface area contributed by atoms with E-state index in [9.17, 15) is 13.6 Å². The van der Waals surface area contributed by atoms with Crippen LogP contribution < -0.4 is 9.64 Å². The first-order valence-electron chi connectivity index (χ1n) is 12.9. The summed E-state index contributed by atoms with van der Waals surface area (Å²) in [4.78, 5) is 20.1. The number of anilines is 1. The first kappa shape index (κ1) is 27.0. The summed E-state index contributed by atoms with van der Waals surface area (Å²) in [6, 6.07) is 12.3. The molecule has 2 aliphatic rings. The Balaban J connectivity index is 1.25. The number of hydrazone groups is 1. The third-order valence-electron chi connectivity index (χ3n) is 7.04. The van der Waals surface area contributed by atoms with Gasteiger partial charge >= 0.3 is 0 Å². The topological polar surface area (TPSA) is 67.3 Å². The van der Waals surface area contributed by atoms with Gasteiger partial charge in [0, 0.05) is 61.6 Å². The molecule has 0 radical (unpaired) electrons. The van der Waals surface area contributed by atoms with Gasteiger partial charge in [-0.25, -0.2) is 18.8 Å². The lowest BCUT2D eigenvalue weighted by atomic mass is 9.94. The van der Waals surface area contributed by atoms with Crippen molar-refractivity contribution in [3.05, 3.63) is 76.9 Å². The summed E-state index contributed by atoms with van der Waals surface area (Å²) in [5.74, 6) is -0.203. The smallest absolute Gasteiger partial charge is 0.246 e. The van der Waals surface area contributed by atoms with E-state index < -0.39 is 17.7 Å². The standard InChI is InChI=1S/C29H29ClF2N4O3/c1-38-12-13-39-24-2-3-26(30)25(18-24)20-4-8-33-28(16-20)35-10-6-19(7-11-35)29(37)36-27(5-9-34-36)21-14-22(31)17-23(32)15-21/h2-4,8-9,14-19,27H,5-7,10-13H2,1H3. The second kappa shape index (κ2) is 12.1. The Morgan fingerprint density at radius 3 is 2.56 bits per heavy atom. The van der Waals surface area contributed by atoms with Crippen LogP contribution in [0.3, 0.4) is 0 Å². The Hall–Kier alpha value is -3.56. The highest BCUT2D eigenvalue weighted by molar-refractivity contribution is 6.33. The maximum atomic E-state index is 13.8. The fourth-order valence-electron chi connectivity index (χ4n) is 5.03. The minimum Gasteiger partial charge on any atom is -0.491 e. The average molecular weight is 555 g/mol. The molecule has 1 saturated heterocycles. The molecule has 10 heteroatoms. The van der Waals surface area contributed by atoms with E-state index in [1.807, 2.05) is 30.3 Å². The summed E-state index contributed by atoms with van der Waals surface area (Å²) in [7, 11) is 1.63. The van der Waals surface area contributed by atoms with Gasteiger partial charge in [0.2, 0.25) is 5.91 Å². The lowest BCUT2D eigenvalue weighted by Gasteiger charge is -2.34. The van der Waals surface area contributed by atoms with Crippen molar-refractivity contribution in [3.8, 4) is 16.9 Å². The number of benzene rings is 2. The predicted octanol–water partition coefficient (Wildman–Crippen LogP) is 5.88. The Morgan fingerprint density at radius 2 is 1.82 bits per heavy atom. The summed E-state index contributed by atoms with van der Waals surface area (Å²) in [6.45, 7) is 2.20. The minimum absolute atomic E-state index is 0.128. The van der Waals surface area contributed by atoms with Crippen molar-refractivity contribution in [1.29, 1.82) is 0 Å². The van der Waals surface area contributed by atoms with Gasteiger partial charge in [0.1, 0.15) is 29.8 Å².